The normalized spacial score (nSPS) is 21.1. The molecule has 0 aliphatic carbocycles. The van der Waals surface area contributed by atoms with Gasteiger partial charge < -0.3 is 30.2 Å². The van der Waals surface area contributed by atoms with E-state index in [1.807, 2.05) is 40.1 Å². The summed E-state index contributed by atoms with van der Waals surface area (Å²) in [4.78, 5) is 89.9. The van der Waals surface area contributed by atoms with E-state index in [4.69, 9.17) is 0 Å². The topological polar surface area (TPSA) is 189 Å². The molecule has 324 valence electrons. The number of anilines is 2. The van der Waals surface area contributed by atoms with Crippen molar-refractivity contribution in [3.63, 3.8) is 0 Å². The Morgan fingerprint density at radius 3 is 1.18 bits per heavy atom. The monoisotopic (exact) mass is 850 g/mol. The molecular formula is C44H48F2N10O6. The summed E-state index contributed by atoms with van der Waals surface area (Å²) in [7, 11) is 0. The summed E-state index contributed by atoms with van der Waals surface area (Å²) in [5.41, 5.74) is 2.43. The van der Waals surface area contributed by atoms with E-state index in [0.717, 1.165) is 33.9 Å². The van der Waals surface area contributed by atoms with E-state index in [1.165, 1.54) is 24.3 Å². The molecule has 62 heavy (non-hydrogen) atoms. The number of amides is 8. The van der Waals surface area contributed by atoms with Crippen LogP contribution in [-0.4, -0.2) is 121 Å². The first-order chi connectivity index (χ1) is 29.7. The number of hydrogen-bond donors (Lipinski definition) is 4. The average molecular weight is 851 g/mol. The number of alkyl halides is 2. The Kier molecular flexibility index (Phi) is 12.2. The average Bonchev–Trinajstić information content (AvgIpc) is 3.75. The lowest BCUT2D eigenvalue weighted by atomic mass is 9.90. The first-order valence-corrected chi connectivity index (χ1v) is 20.2. The minimum atomic E-state index is -1.75. The van der Waals surface area contributed by atoms with Crippen LogP contribution in [0, 0.1) is 27.7 Å². The van der Waals surface area contributed by atoms with E-state index in [9.17, 15) is 37.5 Å². The lowest BCUT2D eigenvalue weighted by Crippen LogP contribution is -2.49. The highest BCUT2D eigenvalue weighted by molar-refractivity contribution is 6.08. The van der Waals surface area contributed by atoms with Crippen LogP contribution in [0.2, 0.25) is 0 Å². The minimum Gasteiger partial charge on any atom is -0.353 e. The number of aromatic nitrogens is 2. The molecule has 4 aliphatic heterocycles. The third kappa shape index (κ3) is 8.36. The molecule has 0 spiro atoms. The van der Waals surface area contributed by atoms with Crippen LogP contribution in [0.3, 0.4) is 0 Å². The number of pyridine rings is 2. The molecule has 2 aromatic carbocycles. The van der Waals surface area contributed by atoms with Crippen LogP contribution in [0.15, 0.2) is 73.1 Å². The molecule has 0 saturated carbocycles. The zero-order valence-corrected chi connectivity index (χ0v) is 34.9. The maximum atomic E-state index is 13.7. The number of aryl methyl sites for hydroxylation is 4. The van der Waals surface area contributed by atoms with Gasteiger partial charge in [0.25, 0.3) is 23.6 Å². The fourth-order valence-electron chi connectivity index (χ4n) is 8.21. The predicted octanol–water partition coefficient (Wildman–Crippen LogP) is 3.33. The first-order valence-electron chi connectivity index (χ1n) is 20.2. The van der Waals surface area contributed by atoms with Crippen LogP contribution in [0.5, 0.6) is 0 Å². The fraction of sp³-hybridized carbons (Fsp3) is 0.364. The van der Waals surface area contributed by atoms with E-state index in [-0.39, 0.29) is 11.8 Å². The molecule has 4 aromatic rings. The molecule has 0 bridgehead atoms. The highest BCUT2D eigenvalue weighted by Crippen LogP contribution is 2.29. The highest BCUT2D eigenvalue weighted by atomic mass is 19.1. The van der Waals surface area contributed by atoms with Crippen LogP contribution in [0.4, 0.5) is 30.0 Å². The molecule has 4 N–H and O–H groups in total. The van der Waals surface area contributed by atoms with Gasteiger partial charge in [-0.3, -0.25) is 29.8 Å². The van der Waals surface area contributed by atoms with Crippen molar-refractivity contribution in [2.75, 3.05) is 75.5 Å². The molecule has 2 aromatic heterocycles. The summed E-state index contributed by atoms with van der Waals surface area (Å²) in [6.45, 7) is 10.9. The molecule has 8 amide bonds. The third-order valence-corrected chi connectivity index (χ3v) is 11.6. The Balaban J connectivity index is 0.000000186. The number of carbonyl (C=O) groups excluding carboxylic acids is 6. The van der Waals surface area contributed by atoms with Gasteiger partial charge in [0.05, 0.1) is 0 Å². The Hall–Kier alpha value is -6.98. The summed E-state index contributed by atoms with van der Waals surface area (Å²) in [5.74, 6) is 0.138. The number of halogens is 2. The number of nitrogens with one attached hydrogen (secondary N) is 4. The zero-order chi connectivity index (χ0) is 44.3. The summed E-state index contributed by atoms with van der Waals surface area (Å²) >= 11 is 0. The number of carbonyl (C=O) groups is 6. The van der Waals surface area contributed by atoms with Crippen molar-refractivity contribution in [2.45, 2.75) is 38.8 Å². The van der Waals surface area contributed by atoms with Gasteiger partial charge in [-0.25, -0.2) is 28.3 Å². The van der Waals surface area contributed by atoms with E-state index in [0.29, 0.717) is 74.6 Å². The second kappa shape index (κ2) is 17.6. The van der Waals surface area contributed by atoms with Gasteiger partial charge in [-0.15, -0.1) is 0 Å². The smallest absolute Gasteiger partial charge is 0.322 e. The minimum absolute atomic E-state index is 0.131. The number of piperazine rings is 2. The van der Waals surface area contributed by atoms with E-state index in [1.54, 1.807) is 34.1 Å². The second-order valence-electron chi connectivity index (χ2n) is 15.9. The van der Waals surface area contributed by atoms with Crippen LogP contribution in [-0.2, 0) is 20.7 Å². The molecule has 4 fully saturated rings. The van der Waals surface area contributed by atoms with E-state index < -0.39 is 48.3 Å². The van der Waals surface area contributed by atoms with Gasteiger partial charge >= 0.3 is 12.1 Å². The molecule has 8 rings (SSSR count). The predicted molar refractivity (Wildman–Crippen MR) is 225 cm³/mol. The van der Waals surface area contributed by atoms with Crippen molar-refractivity contribution < 1.29 is 37.5 Å². The van der Waals surface area contributed by atoms with Gasteiger partial charge in [-0.2, -0.15) is 0 Å². The maximum Gasteiger partial charge on any atom is 0.322 e. The quantitative estimate of drug-likeness (QED) is 0.192. The van der Waals surface area contributed by atoms with Gasteiger partial charge in [0.2, 0.25) is 0 Å². The Morgan fingerprint density at radius 1 is 0.565 bits per heavy atom. The number of benzene rings is 2. The van der Waals surface area contributed by atoms with Crippen molar-refractivity contribution in [3.05, 3.63) is 118 Å². The number of nitrogens with zero attached hydrogens (tertiary/aromatic N) is 6. The lowest BCUT2D eigenvalue weighted by Gasteiger charge is -2.36. The number of urea groups is 2. The number of hydrogen-bond acceptors (Lipinski definition) is 10. The van der Waals surface area contributed by atoms with Crippen molar-refractivity contribution in [2.24, 2.45) is 0 Å². The Bertz CT molecular complexity index is 2230. The zero-order valence-electron chi connectivity index (χ0n) is 34.9. The van der Waals surface area contributed by atoms with Crippen molar-refractivity contribution >= 4 is 47.3 Å². The second-order valence-corrected chi connectivity index (χ2v) is 15.9. The van der Waals surface area contributed by atoms with Crippen LogP contribution in [0.25, 0.3) is 0 Å². The summed E-state index contributed by atoms with van der Waals surface area (Å²) in [6.07, 6.45) is 3.69. The Labute approximate surface area is 357 Å². The van der Waals surface area contributed by atoms with Crippen LogP contribution in [0.1, 0.15) is 54.1 Å². The Morgan fingerprint density at radius 2 is 0.903 bits per heavy atom. The number of rotatable bonds is 8. The van der Waals surface area contributed by atoms with Crippen LogP contribution < -0.4 is 31.1 Å². The van der Waals surface area contributed by atoms with Crippen molar-refractivity contribution in [1.82, 2.24) is 41.0 Å². The van der Waals surface area contributed by atoms with E-state index in [2.05, 4.69) is 53.2 Å². The summed E-state index contributed by atoms with van der Waals surface area (Å²) < 4.78 is 27.4. The summed E-state index contributed by atoms with van der Waals surface area (Å²) in [6, 6.07) is 15.0. The van der Waals surface area contributed by atoms with Gasteiger partial charge in [0.15, 0.2) is 11.1 Å². The SMILES string of the molecule is Cc1cnc(N2CCN(C(=O)c3ccc([C@@]4(CF)NC(=O)NC4=O)cc3)CC2)c(C)c1.Cc1cnc(N2CCN(C(=O)c3ccc([C@]4(CF)NC(=O)NC4=O)cc3)CC2)c(C)c1. The van der Waals surface area contributed by atoms with Gasteiger partial charge in [-0.05, 0) is 85.3 Å². The first kappa shape index (κ1) is 43.1. The standard InChI is InChI=1S/2C22H24FN5O3/c2*1-14-11-15(2)18(24-12-14)27-7-9-28(10-8-27)19(29)16-3-5-17(6-4-16)22(13-23)20(30)25-21(31)26-22/h2*3-6,11-12H,7-10,13H2,1-2H3,(H2,25,26,30,31)/t2*22-/m10/s1. The lowest BCUT2D eigenvalue weighted by molar-refractivity contribution is -0.125. The highest BCUT2D eigenvalue weighted by Gasteiger charge is 2.49. The third-order valence-electron chi connectivity index (χ3n) is 11.6. The van der Waals surface area contributed by atoms with Crippen molar-refractivity contribution in [3.8, 4) is 0 Å². The molecule has 2 atom stereocenters. The molecular weight excluding hydrogens is 803 g/mol. The fourth-order valence-corrected chi connectivity index (χ4v) is 8.21. The molecule has 6 heterocycles. The molecule has 16 nitrogen and oxygen atoms in total. The largest absolute Gasteiger partial charge is 0.353 e. The van der Waals surface area contributed by atoms with Crippen LogP contribution >= 0.6 is 0 Å². The summed E-state index contributed by atoms with van der Waals surface area (Å²) in [5, 5.41) is 8.80. The van der Waals surface area contributed by atoms with Gasteiger partial charge in [0.1, 0.15) is 25.0 Å². The molecule has 0 radical (unpaired) electrons. The molecule has 4 aliphatic rings. The van der Waals surface area contributed by atoms with Gasteiger partial charge in [0, 0.05) is 75.9 Å². The van der Waals surface area contributed by atoms with E-state index >= 15 is 0 Å². The maximum absolute atomic E-state index is 13.7. The van der Waals surface area contributed by atoms with Gasteiger partial charge in [-0.1, -0.05) is 36.4 Å². The molecule has 0 unspecified atom stereocenters. The molecule has 4 saturated heterocycles. The number of imide groups is 2. The molecule has 18 heteroatoms. The van der Waals surface area contributed by atoms with Crippen molar-refractivity contribution in [1.29, 1.82) is 0 Å².